The van der Waals surface area contributed by atoms with Crippen molar-refractivity contribution in [1.82, 2.24) is 24.8 Å². The number of rotatable bonds is 10. The summed E-state index contributed by atoms with van der Waals surface area (Å²) >= 11 is 0. The van der Waals surface area contributed by atoms with E-state index in [9.17, 15) is 18.3 Å². The predicted molar refractivity (Wildman–Crippen MR) is 178 cm³/mol. The molecule has 3 aromatic rings. The molecule has 2 N–H and O–H groups in total. The molecule has 0 radical (unpaired) electrons. The minimum atomic E-state index is -3.79. The van der Waals surface area contributed by atoms with E-state index in [1.54, 1.807) is 24.4 Å². The number of benzene rings is 1. The van der Waals surface area contributed by atoms with Crippen LogP contribution >= 0.6 is 0 Å². The summed E-state index contributed by atoms with van der Waals surface area (Å²) in [6.07, 6.45) is 9.79. The third-order valence-corrected chi connectivity index (χ3v) is 11.8. The van der Waals surface area contributed by atoms with Gasteiger partial charge in [-0.05, 0) is 123 Å². The first-order chi connectivity index (χ1) is 22.5. The molecule has 0 atom stereocenters. The molecule has 4 aliphatic carbocycles. The highest BCUT2D eigenvalue weighted by Crippen LogP contribution is 2.60. The Bertz CT molecular complexity index is 1690. The van der Waals surface area contributed by atoms with Crippen molar-refractivity contribution in [2.45, 2.75) is 65.0 Å². The van der Waals surface area contributed by atoms with E-state index in [-0.39, 0.29) is 28.7 Å². The fourth-order valence-electron chi connectivity index (χ4n) is 8.95. The second-order valence-corrected chi connectivity index (χ2v) is 16.3. The third-order valence-electron chi connectivity index (χ3n) is 10.3. The van der Waals surface area contributed by atoms with Gasteiger partial charge in [0.15, 0.2) is 11.5 Å². The highest BCUT2D eigenvalue weighted by Gasteiger charge is 2.52. The lowest BCUT2D eigenvalue weighted by Crippen LogP contribution is -2.51. The minimum absolute atomic E-state index is 0.00251. The number of aromatic hydroxyl groups is 1. The van der Waals surface area contributed by atoms with Crippen molar-refractivity contribution >= 4 is 21.7 Å². The first-order valence-electron chi connectivity index (χ1n) is 16.8. The number of nitrogens with one attached hydrogen (secondary N) is 1. The minimum Gasteiger partial charge on any atom is -0.506 e. The lowest BCUT2D eigenvalue weighted by Gasteiger charge is -2.56. The third kappa shape index (κ3) is 7.38. The Morgan fingerprint density at radius 1 is 0.957 bits per heavy atom. The Balaban J connectivity index is 0.944. The van der Waals surface area contributed by atoms with Crippen LogP contribution in [0.1, 0.15) is 68.4 Å². The van der Waals surface area contributed by atoms with E-state index in [0.717, 1.165) is 74.4 Å². The maximum atomic E-state index is 13.1. The average Bonchev–Trinajstić information content (AvgIpc) is 2.99. The van der Waals surface area contributed by atoms with Gasteiger partial charge >= 0.3 is 0 Å². The van der Waals surface area contributed by atoms with Gasteiger partial charge in [0.2, 0.25) is 10.0 Å². The maximum Gasteiger partial charge on any atom is 0.285 e. The standard InChI is InChI=1S/C35H44N6O5S/c1-23(2)46-31-13-27(12-28(15-31)29-14-30(42)20-36-19-29)21-40-5-7-41(8-6-40)33-4-3-32(37-38-33)34(43)39-47(44,45)22-35-16-24-9-25(17-35)11-26(10-24)18-35/h3-4,12-15,19-20,23-26,42H,5-11,16-18,21-22H2,1-2H3,(H,39,43). The second-order valence-electron chi connectivity index (χ2n) is 14.6. The zero-order chi connectivity index (χ0) is 32.8. The Morgan fingerprint density at radius 3 is 2.28 bits per heavy atom. The Hall–Kier alpha value is -3.77. The molecule has 3 heterocycles. The molecule has 4 saturated carbocycles. The first kappa shape index (κ1) is 31.8. The van der Waals surface area contributed by atoms with Crippen molar-refractivity contribution in [3.63, 3.8) is 0 Å². The molecule has 11 nitrogen and oxygen atoms in total. The van der Waals surface area contributed by atoms with Gasteiger partial charge in [-0.15, -0.1) is 10.2 Å². The number of sulfonamides is 1. The van der Waals surface area contributed by atoms with Gasteiger partial charge in [-0.1, -0.05) is 0 Å². The summed E-state index contributed by atoms with van der Waals surface area (Å²) in [7, 11) is -3.79. The normalized spacial score (nSPS) is 25.7. The highest BCUT2D eigenvalue weighted by molar-refractivity contribution is 7.90. The molecule has 1 saturated heterocycles. The fourth-order valence-corrected chi connectivity index (χ4v) is 10.6. The van der Waals surface area contributed by atoms with Gasteiger partial charge in [0, 0.05) is 44.5 Å². The van der Waals surface area contributed by atoms with E-state index in [2.05, 4.69) is 41.8 Å². The molecular weight excluding hydrogens is 616 g/mol. The van der Waals surface area contributed by atoms with Crippen LogP contribution in [-0.4, -0.2) is 77.5 Å². The molecule has 0 spiro atoms. The Morgan fingerprint density at radius 2 is 1.66 bits per heavy atom. The predicted octanol–water partition coefficient (Wildman–Crippen LogP) is 4.63. The summed E-state index contributed by atoms with van der Waals surface area (Å²) in [6.45, 7) is 7.76. The molecule has 1 aliphatic heterocycles. The maximum absolute atomic E-state index is 13.1. The second kappa shape index (κ2) is 12.7. The molecule has 47 heavy (non-hydrogen) atoms. The number of hydrogen-bond donors (Lipinski definition) is 2. The van der Waals surface area contributed by atoms with Crippen LogP contribution in [0.25, 0.3) is 11.1 Å². The zero-order valence-electron chi connectivity index (χ0n) is 27.1. The lowest BCUT2D eigenvalue weighted by molar-refractivity contribution is -0.0391. The van der Waals surface area contributed by atoms with Gasteiger partial charge in [0.1, 0.15) is 11.5 Å². The molecule has 250 valence electrons. The summed E-state index contributed by atoms with van der Waals surface area (Å²) in [5, 5.41) is 18.4. The van der Waals surface area contributed by atoms with Crippen LogP contribution in [0.2, 0.25) is 0 Å². The lowest BCUT2D eigenvalue weighted by atomic mass is 9.50. The van der Waals surface area contributed by atoms with Crippen molar-refractivity contribution < 1.29 is 23.1 Å². The molecule has 0 unspecified atom stereocenters. The number of ether oxygens (including phenoxy) is 1. The van der Waals surface area contributed by atoms with Crippen molar-refractivity contribution in [2.75, 3.05) is 36.8 Å². The molecule has 12 heteroatoms. The monoisotopic (exact) mass is 660 g/mol. The SMILES string of the molecule is CC(C)Oc1cc(CN2CCN(c3ccc(C(=O)NS(=O)(=O)CC45CC6CC(CC(C6)C4)C5)nn3)CC2)cc(-c2cncc(O)c2)c1. The van der Waals surface area contributed by atoms with Crippen LogP contribution < -0.4 is 14.4 Å². The summed E-state index contributed by atoms with van der Waals surface area (Å²) in [5.74, 6) is 2.78. The Kier molecular flexibility index (Phi) is 8.58. The van der Waals surface area contributed by atoms with Crippen molar-refractivity contribution in [3.05, 3.63) is 60.0 Å². The number of piperazine rings is 1. The van der Waals surface area contributed by atoms with Gasteiger partial charge < -0.3 is 14.7 Å². The number of anilines is 1. The number of hydrogen-bond acceptors (Lipinski definition) is 10. The fraction of sp³-hybridized carbons (Fsp3) is 0.543. The van der Waals surface area contributed by atoms with Crippen LogP contribution in [0.4, 0.5) is 5.82 Å². The smallest absolute Gasteiger partial charge is 0.285 e. The highest BCUT2D eigenvalue weighted by atomic mass is 32.2. The largest absolute Gasteiger partial charge is 0.506 e. The van der Waals surface area contributed by atoms with Gasteiger partial charge in [0.05, 0.1) is 18.1 Å². The molecule has 1 amide bonds. The van der Waals surface area contributed by atoms with Crippen LogP contribution in [0, 0.1) is 23.2 Å². The number of carbonyl (C=O) groups excluding carboxylic acids is 1. The van der Waals surface area contributed by atoms with Gasteiger partial charge in [0.25, 0.3) is 5.91 Å². The van der Waals surface area contributed by atoms with E-state index >= 15 is 0 Å². The molecule has 1 aromatic carbocycles. The first-order valence-corrected chi connectivity index (χ1v) is 18.5. The van der Waals surface area contributed by atoms with Crippen molar-refractivity contribution in [2.24, 2.45) is 23.2 Å². The number of amides is 1. The van der Waals surface area contributed by atoms with Gasteiger partial charge in [-0.25, -0.2) is 13.1 Å². The van der Waals surface area contributed by atoms with Crippen LogP contribution in [0.15, 0.2) is 48.8 Å². The molecule has 5 fully saturated rings. The van der Waals surface area contributed by atoms with Crippen LogP contribution in [0.3, 0.4) is 0 Å². The summed E-state index contributed by atoms with van der Waals surface area (Å²) in [4.78, 5) is 21.5. The quantitative estimate of drug-likeness (QED) is 0.317. The summed E-state index contributed by atoms with van der Waals surface area (Å²) in [5.41, 5.74) is 2.67. The van der Waals surface area contributed by atoms with Crippen molar-refractivity contribution in [1.29, 1.82) is 0 Å². The van der Waals surface area contributed by atoms with Gasteiger partial charge in [-0.3, -0.25) is 14.7 Å². The number of carbonyl (C=O) groups is 1. The molecule has 8 rings (SSSR count). The van der Waals surface area contributed by atoms with E-state index in [0.29, 0.717) is 23.6 Å². The van der Waals surface area contributed by atoms with Crippen LogP contribution in [-0.2, 0) is 16.6 Å². The number of pyridine rings is 1. The summed E-state index contributed by atoms with van der Waals surface area (Å²) < 4.78 is 34.6. The Labute approximate surface area is 276 Å². The van der Waals surface area contributed by atoms with E-state index in [1.807, 2.05) is 19.9 Å². The van der Waals surface area contributed by atoms with Gasteiger partial charge in [-0.2, -0.15) is 0 Å². The molecule has 4 bridgehead atoms. The number of aromatic nitrogens is 3. The van der Waals surface area contributed by atoms with E-state index in [1.165, 1.54) is 25.5 Å². The molecular formula is C35H44N6O5S. The van der Waals surface area contributed by atoms with Crippen molar-refractivity contribution in [3.8, 4) is 22.6 Å². The van der Waals surface area contributed by atoms with E-state index in [4.69, 9.17) is 4.74 Å². The molecule has 5 aliphatic rings. The van der Waals surface area contributed by atoms with Crippen LogP contribution in [0.5, 0.6) is 11.5 Å². The topological polar surface area (TPSA) is 138 Å². The van der Waals surface area contributed by atoms with E-state index < -0.39 is 15.9 Å². The number of nitrogens with zero attached hydrogens (tertiary/aromatic N) is 5. The summed E-state index contributed by atoms with van der Waals surface area (Å²) in [6, 6.07) is 11.1. The zero-order valence-corrected chi connectivity index (χ0v) is 28.0. The molecule has 2 aromatic heterocycles. The average molecular weight is 661 g/mol.